The van der Waals surface area contributed by atoms with Crippen molar-refractivity contribution in [1.82, 2.24) is 10.2 Å². The first-order valence-electron chi connectivity index (χ1n) is 6.41. The molecule has 0 bridgehead atoms. The number of carbonyl (C=O) groups is 1. The van der Waals surface area contributed by atoms with E-state index in [2.05, 4.69) is 15.5 Å². The van der Waals surface area contributed by atoms with Crippen LogP contribution in [0.1, 0.15) is 0 Å². The quantitative estimate of drug-likeness (QED) is 0.911. The molecule has 1 aliphatic rings. The Kier molecular flexibility index (Phi) is 3.73. The van der Waals surface area contributed by atoms with E-state index in [-0.39, 0.29) is 29.4 Å². The van der Waals surface area contributed by atoms with E-state index in [9.17, 15) is 13.6 Å². The van der Waals surface area contributed by atoms with E-state index in [0.717, 1.165) is 6.07 Å². The van der Waals surface area contributed by atoms with Crippen molar-refractivity contribution in [3.63, 3.8) is 0 Å². The van der Waals surface area contributed by atoms with E-state index in [1.54, 1.807) is 0 Å². The summed E-state index contributed by atoms with van der Waals surface area (Å²) in [7, 11) is 0. The number of aromatic nitrogens is 2. The Bertz CT molecular complexity index is 743. The lowest BCUT2D eigenvalue weighted by Gasteiger charge is -2.14. The van der Waals surface area contributed by atoms with Crippen LogP contribution in [0, 0.1) is 11.6 Å². The molecule has 8 heteroatoms. The first-order chi connectivity index (χ1) is 10.6. The molecular weight excluding hydrogens is 296 g/mol. The maximum atomic E-state index is 13.7. The average molecular weight is 307 g/mol. The first kappa shape index (κ1) is 14.1. The van der Waals surface area contributed by atoms with Crippen LogP contribution >= 0.6 is 0 Å². The number of halogens is 2. The molecule has 0 fully saturated rings. The van der Waals surface area contributed by atoms with Gasteiger partial charge in [0.2, 0.25) is 5.76 Å². The van der Waals surface area contributed by atoms with Crippen LogP contribution in [-0.2, 0) is 14.3 Å². The van der Waals surface area contributed by atoms with Gasteiger partial charge in [-0.1, -0.05) is 6.07 Å². The zero-order valence-electron chi connectivity index (χ0n) is 11.2. The van der Waals surface area contributed by atoms with E-state index < -0.39 is 17.5 Å². The Labute approximate surface area is 123 Å². The molecule has 0 saturated heterocycles. The Balaban J connectivity index is 1.78. The van der Waals surface area contributed by atoms with Gasteiger partial charge in [0.15, 0.2) is 17.5 Å². The van der Waals surface area contributed by atoms with Gasteiger partial charge in [-0.25, -0.2) is 8.78 Å². The molecule has 114 valence electrons. The van der Waals surface area contributed by atoms with E-state index in [4.69, 9.17) is 9.47 Å². The van der Waals surface area contributed by atoms with Crippen molar-refractivity contribution in [3.05, 3.63) is 47.9 Å². The molecule has 22 heavy (non-hydrogen) atoms. The van der Waals surface area contributed by atoms with Gasteiger partial charge in [0.25, 0.3) is 5.91 Å². The average Bonchev–Trinajstić information content (AvgIpc) is 2.99. The SMILES string of the molecule is O=C(Nc1cc(-c2cccc(F)c2F)[nH]n1)C1=COCCO1. The largest absolute Gasteiger partial charge is 0.494 e. The highest BCUT2D eigenvalue weighted by Crippen LogP contribution is 2.24. The van der Waals surface area contributed by atoms with Gasteiger partial charge in [-0.05, 0) is 12.1 Å². The van der Waals surface area contributed by atoms with E-state index >= 15 is 0 Å². The topological polar surface area (TPSA) is 76.2 Å². The third kappa shape index (κ3) is 2.76. The number of benzene rings is 1. The molecule has 1 amide bonds. The summed E-state index contributed by atoms with van der Waals surface area (Å²) < 4.78 is 37.0. The Morgan fingerprint density at radius 1 is 1.32 bits per heavy atom. The number of carbonyl (C=O) groups excluding carboxylic acids is 1. The van der Waals surface area contributed by atoms with E-state index in [1.807, 2.05) is 0 Å². The molecule has 3 rings (SSSR count). The van der Waals surface area contributed by atoms with Crippen LogP contribution in [0.5, 0.6) is 0 Å². The minimum Gasteiger partial charge on any atom is -0.494 e. The van der Waals surface area contributed by atoms with E-state index in [1.165, 1.54) is 24.5 Å². The summed E-state index contributed by atoms with van der Waals surface area (Å²) in [6.45, 7) is 0.655. The predicted octanol–water partition coefficient (Wildman–Crippen LogP) is 2.18. The van der Waals surface area contributed by atoms with Gasteiger partial charge in [-0.2, -0.15) is 5.10 Å². The molecule has 2 heterocycles. The van der Waals surface area contributed by atoms with E-state index in [0.29, 0.717) is 6.61 Å². The summed E-state index contributed by atoms with van der Waals surface area (Å²) in [5, 5.41) is 8.83. The monoisotopic (exact) mass is 307 g/mol. The fourth-order valence-corrected chi connectivity index (χ4v) is 1.90. The molecule has 0 atom stereocenters. The zero-order chi connectivity index (χ0) is 15.5. The minimum absolute atomic E-state index is 0.0180. The van der Waals surface area contributed by atoms with Gasteiger partial charge in [0, 0.05) is 11.6 Å². The molecule has 0 unspecified atom stereocenters. The molecular formula is C14H11F2N3O3. The Morgan fingerprint density at radius 2 is 2.18 bits per heavy atom. The van der Waals surface area contributed by atoms with Crippen molar-refractivity contribution >= 4 is 11.7 Å². The van der Waals surface area contributed by atoms with Gasteiger partial charge < -0.3 is 14.8 Å². The maximum Gasteiger partial charge on any atom is 0.295 e. The van der Waals surface area contributed by atoms with Gasteiger partial charge in [-0.15, -0.1) is 0 Å². The molecule has 0 aliphatic carbocycles. The van der Waals surface area contributed by atoms with Crippen LogP contribution in [-0.4, -0.2) is 29.3 Å². The smallest absolute Gasteiger partial charge is 0.295 e. The molecule has 0 radical (unpaired) electrons. The Morgan fingerprint density at radius 3 is 2.95 bits per heavy atom. The third-order valence-corrected chi connectivity index (χ3v) is 2.93. The van der Waals surface area contributed by atoms with Crippen molar-refractivity contribution in [2.75, 3.05) is 18.5 Å². The molecule has 0 spiro atoms. The number of nitrogens with zero attached hydrogens (tertiary/aromatic N) is 1. The van der Waals surface area contributed by atoms with Crippen LogP contribution < -0.4 is 5.32 Å². The summed E-state index contributed by atoms with van der Waals surface area (Å²) >= 11 is 0. The fraction of sp³-hybridized carbons (Fsp3) is 0.143. The van der Waals surface area contributed by atoms with Crippen molar-refractivity contribution in [2.45, 2.75) is 0 Å². The molecule has 2 aromatic rings. The first-order valence-corrected chi connectivity index (χ1v) is 6.41. The second-order valence-corrected chi connectivity index (χ2v) is 4.42. The number of anilines is 1. The van der Waals surface area contributed by atoms with Gasteiger partial charge in [-0.3, -0.25) is 9.89 Å². The van der Waals surface area contributed by atoms with Crippen molar-refractivity contribution in [1.29, 1.82) is 0 Å². The molecule has 1 aliphatic heterocycles. The number of aromatic amines is 1. The standard InChI is InChI=1S/C14H11F2N3O3/c15-9-3-1-2-8(13(9)16)10-6-12(19-18-10)17-14(20)11-7-21-4-5-22-11/h1-3,6-7H,4-5H2,(H2,17,18,19,20). The lowest BCUT2D eigenvalue weighted by atomic mass is 10.1. The van der Waals surface area contributed by atoms with Crippen LogP contribution in [0.25, 0.3) is 11.3 Å². The van der Waals surface area contributed by atoms with Crippen molar-refractivity contribution < 1.29 is 23.0 Å². The molecule has 0 saturated carbocycles. The summed E-state index contributed by atoms with van der Waals surface area (Å²) in [5.41, 5.74) is 0.256. The summed E-state index contributed by atoms with van der Waals surface area (Å²) in [4.78, 5) is 11.9. The lowest BCUT2D eigenvalue weighted by Crippen LogP contribution is -2.21. The van der Waals surface area contributed by atoms with Gasteiger partial charge >= 0.3 is 0 Å². The molecule has 6 nitrogen and oxygen atoms in total. The molecule has 2 N–H and O–H groups in total. The maximum absolute atomic E-state index is 13.7. The second-order valence-electron chi connectivity index (χ2n) is 4.42. The van der Waals surface area contributed by atoms with Crippen LogP contribution in [0.15, 0.2) is 36.3 Å². The Hall–Kier alpha value is -2.90. The van der Waals surface area contributed by atoms with Gasteiger partial charge in [0.1, 0.15) is 19.5 Å². The summed E-state index contributed by atoms with van der Waals surface area (Å²) in [6.07, 6.45) is 1.21. The third-order valence-electron chi connectivity index (χ3n) is 2.93. The van der Waals surface area contributed by atoms with Crippen molar-refractivity contribution in [3.8, 4) is 11.3 Å². The number of amides is 1. The second kappa shape index (κ2) is 5.84. The highest BCUT2D eigenvalue weighted by Gasteiger charge is 2.17. The summed E-state index contributed by atoms with van der Waals surface area (Å²) in [5.74, 6) is -2.32. The van der Waals surface area contributed by atoms with Crippen LogP contribution in [0.3, 0.4) is 0 Å². The minimum atomic E-state index is -0.990. The number of hydrogen-bond donors (Lipinski definition) is 2. The number of H-pyrrole nitrogens is 1. The van der Waals surface area contributed by atoms with Crippen molar-refractivity contribution in [2.24, 2.45) is 0 Å². The number of hydrogen-bond acceptors (Lipinski definition) is 4. The van der Waals surface area contributed by atoms with Gasteiger partial charge in [0.05, 0.1) is 5.69 Å². The van der Waals surface area contributed by atoms with Crippen LogP contribution in [0.2, 0.25) is 0 Å². The number of nitrogens with one attached hydrogen (secondary N) is 2. The highest BCUT2D eigenvalue weighted by molar-refractivity contribution is 6.01. The fourth-order valence-electron chi connectivity index (χ4n) is 1.90. The lowest BCUT2D eigenvalue weighted by molar-refractivity contribution is -0.117. The summed E-state index contributed by atoms with van der Waals surface area (Å²) in [6, 6.07) is 5.19. The predicted molar refractivity (Wildman–Crippen MR) is 72.6 cm³/mol. The highest BCUT2D eigenvalue weighted by atomic mass is 19.2. The molecule has 1 aromatic carbocycles. The normalized spacial score (nSPS) is 13.8. The number of ether oxygens (including phenoxy) is 2. The number of rotatable bonds is 3. The molecule has 1 aromatic heterocycles. The van der Waals surface area contributed by atoms with Crippen LogP contribution in [0.4, 0.5) is 14.6 Å². The zero-order valence-corrected chi connectivity index (χ0v) is 11.2.